The fraction of sp³-hybridized carbons (Fsp3) is 0.250. The first-order valence-corrected chi connectivity index (χ1v) is 6.74. The summed E-state index contributed by atoms with van der Waals surface area (Å²) < 4.78 is 11.7. The highest BCUT2D eigenvalue weighted by Crippen LogP contribution is 2.40. The number of benzene rings is 1. The SMILES string of the molecule is C=CCn1c(=O)c(C(=O)O)c(O)c2c(C)c(OC)c(OC)cc21. The molecule has 0 spiro atoms. The summed E-state index contributed by atoms with van der Waals surface area (Å²) in [5, 5.41) is 19.8. The lowest BCUT2D eigenvalue weighted by molar-refractivity contribution is 0.0691. The molecule has 1 heterocycles. The molecule has 0 bridgehead atoms. The van der Waals surface area contributed by atoms with Crippen LogP contribution in [0.5, 0.6) is 17.2 Å². The van der Waals surface area contributed by atoms with E-state index in [0.29, 0.717) is 22.6 Å². The van der Waals surface area contributed by atoms with Crippen LogP contribution < -0.4 is 15.0 Å². The Morgan fingerprint density at radius 2 is 2.04 bits per heavy atom. The summed E-state index contributed by atoms with van der Waals surface area (Å²) in [5.41, 5.74) is -0.684. The Balaban J connectivity index is 3.14. The van der Waals surface area contributed by atoms with Crippen molar-refractivity contribution in [1.82, 2.24) is 4.57 Å². The number of aromatic hydroxyl groups is 1. The van der Waals surface area contributed by atoms with Crippen LogP contribution in [-0.2, 0) is 6.54 Å². The van der Waals surface area contributed by atoms with Crippen molar-refractivity contribution in [2.24, 2.45) is 0 Å². The van der Waals surface area contributed by atoms with Gasteiger partial charge in [0.15, 0.2) is 17.1 Å². The number of aromatic carboxylic acids is 1. The minimum Gasteiger partial charge on any atom is -0.506 e. The fourth-order valence-electron chi connectivity index (χ4n) is 2.64. The van der Waals surface area contributed by atoms with E-state index in [0.717, 1.165) is 0 Å². The van der Waals surface area contributed by atoms with Gasteiger partial charge in [0, 0.05) is 23.6 Å². The number of allylic oxidation sites excluding steroid dienone is 1. The second-order valence-corrected chi connectivity index (χ2v) is 4.86. The molecule has 0 amide bonds. The smallest absolute Gasteiger partial charge is 0.345 e. The molecule has 0 radical (unpaired) electrons. The van der Waals surface area contributed by atoms with Crippen molar-refractivity contribution in [2.75, 3.05) is 14.2 Å². The van der Waals surface area contributed by atoms with Crippen LogP contribution in [0.1, 0.15) is 15.9 Å². The van der Waals surface area contributed by atoms with Gasteiger partial charge in [0.1, 0.15) is 5.75 Å². The molecule has 2 N–H and O–H groups in total. The summed E-state index contributed by atoms with van der Waals surface area (Å²) in [6.45, 7) is 5.31. The molecule has 0 fully saturated rings. The molecule has 122 valence electrons. The van der Waals surface area contributed by atoms with E-state index in [-0.39, 0.29) is 11.9 Å². The number of hydrogen-bond donors (Lipinski definition) is 2. The topological polar surface area (TPSA) is 98.0 Å². The number of hydrogen-bond acceptors (Lipinski definition) is 5. The van der Waals surface area contributed by atoms with E-state index in [4.69, 9.17) is 9.47 Å². The van der Waals surface area contributed by atoms with Crippen molar-refractivity contribution in [2.45, 2.75) is 13.5 Å². The number of methoxy groups -OCH3 is 2. The Bertz CT molecular complexity index is 865. The summed E-state index contributed by atoms with van der Waals surface area (Å²) >= 11 is 0. The minimum atomic E-state index is -1.50. The Labute approximate surface area is 132 Å². The minimum absolute atomic E-state index is 0.0881. The third kappa shape index (κ3) is 2.40. The highest BCUT2D eigenvalue weighted by molar-refractivity contribution is 6.01. The number of aromatic nitrogens is 1. The van der Waals surface area contributed by atoms with Gasteiger partial charge in [-0.15, -0.1) is 6.58 Å². The molecule has 23 heavy (non-hydrogen) atoms. The van der Waals surface area contributed by atoms with E-state index in [1.54, 1.807) is 6.92 Å². The van der Waals surface area contributed by atoms with Gasteiger partial charge in [-0.3, -0.25) is 4.79 Å². The molecule has 0 unspecified atom stereocenters. The quantitative estimate of drug-likeness (QED) is 0.817. The number of carbonyl (C=O) groups is 1. The summed E-state index contributed by atoms with van der Waals surface area (Å²) in [6, 6.07) is 1.53. The van der Waals surface area contributed by atoms with E-state index in [1.807, 2.05) is 0 Å². The molecule has 2 aromatic rings. The predicted molar refractivity (Wildman–Crippen MR) is 84.9 cm³/mol. The number of fused-ring (bicyclic) bond motifs is 1. The average molecular weight is 319 g/mol. The Morgan fingerprint density at radius 3 is 2.52 bits per heavy atom. The first-order chi connectivity index (χ1) is 10.9. The van der Waals surface area contributed by atoms with E-state index in [1.165, 1.54) is 30.9 Å². The van der Waals surface area contributed by atoms with Gasteiger partial charge in [-0.1, -0.05) is 6.08 Å². The zero-order valence-corrected chi connectivity index (χ0v) is 13.0. The summed E-state index contributed by atoms with van der Waals surface area (Å²) in [7, 11) is 2.89. The maximum absolute atomic E-state index is 12.4. The number of aryl methyl sites for hydroxylation is 1. The Kier molecular flexibility index (Phi) is 4.31. The third-order valence-electron chi connectivity index (χ3n) is 3.64. The average Bonchev–Trinajstić information content (AvgIpc) is 2.50. The molecule has 2 rings (SSSR count). The van der Waals surface area contributed by atoms with E-state index in [9.17, 15) is 19.8 Å². The molecule has 1 aromatic carbocycles. The summed E-state index contributed by atoms with van der Waals surface area (Å²) in [5.74, 6) is -1.36. The fourth-order valence-corrected chi connectivity index (χ4v) is 2.64. The number of pyridine rings is 1. The molecule has 0 aliphatic rings. The Hall–Kier alpha value is -2.96. The highest BCUT2D eigenvalue weighted by atomic mass is 16.5. The molecule has 7 nitrogen and oxygen atoms in total. The molecule has 0 aliphatic heterocycles. The molecule has 0 saturated carbocycles. The molecular weight excluding hydrogens is 302 g/mol. The molecule has 0 aliphatic carbocycles. The van der Waals surface area contributed by atoms with Gasteiger partial charge in [-0.05, 0) is 6.92 Å². The van der Waals surface area contributed by atoms with Gasteiger partial charge in [-0.25, -0.2) is 4.79 Å². The molecule has 0 atom stereocenters. The lowest BCUT2D eigenvalue weighted by Crippen LogP contribution is -2.27. The number of ether oxygens (including phenoxy) is 2. The van der Waals surface area contributed by atoms with Crippen LogP contribution in [0.4, 0.5) is 0 Å². The number of rotatable bonds is 5. The van der Waals surface area contributed by atoms with Crippen LogP contribution in [0, 0.1) is 6.92 Å². The van der Waals surface area contributed by atoms with Crippen molar-refractivity contribution in [3.63, 3.8) is 0 Å². The second kappa shape index (κ2) is 6.04. The standard InChI is InChI=1S/C16H17NO6/c1-5-6-17-9-7-10(22-3)14(23-4)8(2)11(9)13(18)12(15(17)19)16(20)21/h5,7,18H,1,6H2,2-4H3,(H,20,21). The van der Waals surface area contributed by atoms with Crippen LogP contribution >= 0.6 is 0 Å². The van der Waals surface area contributed by atoms with Crippen LogP contribution in [0.25, 0.3) is 10.9 Å². The summed E-state index contributed by atoms with van der Waals surface area (Å²) in [6.07, 6.45) is 1.47. The van der Waals surface area contributed by atoms with Gasteiger partial charge in [0.2, 0.25) is 0 Å². The maximum atomic E-state index is 12.4. The first kappa shape index (κ1) is 16.4. The van der Waals surface area contributed by atoms with Crippen molar-refractivity contribution < 1.29 is 24.5 Å². The monoisotopic (exact) mass is 319 g/mol. The number of carboxylic acids is 1. The van der Waals surface area contributed by atoms with Crippen LogP contribution in [-0.4, -0.2) is 35.0 Å². The predicted octanol–water partition coefficient (Wildman–Crippen LogP) is 1.92. The van der Waals surface area contributed by atoms with Crippen LogP contribution in [0.3, 0.4) is 0 Å². The third-order valence-corrected chi connectivity index (χ3v) is 3.64. The first-order valence-electron chi connectivity index (χ1n) is 6.74. The highest BCUT2D eigenvalue weighted by Gasteiger charge is 2.25. The number of carboxylic acid groups (broad SMARTS) is 1. The van der Waals surface area contributed by atoms with Gasteiger partial charge in [0.05, 0.1) is 19.7 Å². The lowest BCUT2D eigenvalue weighted by atomic mass is 10.0. The summed E-state index contributed by atoms with van der Waals surface area (Å²) in [4.78, 5) is 23.8. The zero-order valence-electron chi connectivity index (χ0n) is 13.0. The largest absolute Gasteiger partial charge is 0.506 e. The van der Waals surface area contributed by atoms with Gasteiger partial charge >= 0.3 is 5.97 Å². The van der Waals surface area contributed by atoms with E-state index in [2.05, 4.69) is 6.58 Å². The van der Waals surface area contributed by atoms with Gasteiger partial charge in [0.25, 0.3) is 5.56 Å². The van der Waals surface area contributed by atoms with Crippen LogP contribution in [0.15, 0.2) is 23.5 Å². The zero-order chi connectivity index (χ0) is 17.3. The van der Waals surface area contributed by atoms with E-state index < -0.39 is 22.8 Å². The molecule has 0 saturated heterocycles. The molecule has 1 aromatic heterocycles. The van der Waals surface area contributed by atoms with Crippen molar-refractivity contribution in [3.05, 3.63) is 40.2 Å². The normalized spacial score (nSPS) is 10.6. The Morgan fingerprint density at radius 1 is 1.39 bits per heavy atom. The number of nitrogens with zero attached hydrogens (tertiary/aromatic N) is 1. The van der Waals surface area contributed by atoms with Gasteiger partial charge in [-0.2, -0.15) is 0 Å². The molecule has 7 heteroatoms. The van der Waals surface area contributed by atoms with Crippen LogP contribution in [0.2, 0.25) is 0 Å². The molecular formula is C16H17NO6. The van der Waals surface area contributed by atoms with Crippen molar-refractivity contribution in [3.8, 4) is 17.2 Å². The van der Waals surface area contributed by atoms with E-state index >= 15 is 0 Å². The second-order valence-electron chi connectivity index (χ2n) is 4.86. The van der Waals surface area contributed by atoms with Crippen molar-refractivity contribution in [1.29, 1.82) is 0 Å². The van der Waals surface area contributed by atoms with Crippen molar-refractivity contribution >= 4 is 16.9 Å². The maximum Gasteiger partial charge on any atom is 0.345 e. The lowest BCUT2D eigenvalue weighted by Gasteiger charge is -2.18. The van der Waals surface area contributed by atoms with Gasteiger partial charge < -0.3 is 24.3 Å².